The Balaban J connectivity index is 2.26. The van der Waals surface area contributed by atoms with E-state index in [0.29, 0.717) is 0 Å². The number of pyridine rings is 1. The van der Waals surface area contributed by atoms with E-state index in [2.05, 4.69) is 50.1 Å². The first-order valence-corrected chi connectivity index (χ1v) is 7.73. The van der Waals surface area contributed by atoms with Crippen molar-refractivity contribution in [1.29, 1.82) is 0 Å². The van der Waals surface area contributed by atoms with Crippen molar-refractivity contribution in [3.05, 3.63) is 34.1 Å². The van der Waals surface area contributed by atoms with E-state index in [1.54, 1.807) is 11.3 Å². The normalized spacial score (nSPS) is 11.9. The predicted molar refractivity (Wildman–Crippen MR) is 86.1 cm³/mol. The summed E-state index contributed by atoms with van der Waals surface area (Å²) in [5.41, 5.74) is 4.50. The van der Waals surface area contributed by atoms with Crippen LogP contribution in [0.5, 0.6) is 0 Å². The van der Waals surface area contributed by atoms with Crippen LogP contribution in [0.15, 0.2) is 12.1 Å². The molecule has 0 aromatic carbocycles. The van der Waals surface area contributed by atoms with Gasteiger partial charge < -0.3 is 5.32 Å². The van der Waals surface area contributed by atoms with Gasteiger partial charge in [0.1, 0.15) is 5.01 Å². The van der Waals surface area contributed by atoms with Crippen molar-refractivity contribution in [2.24, 2.45) is 0 Å². The molecule has 0 unspecified atom stereocenters. The van der Waals surface area contributed by atoms with Crippen molar-refractivity contribution < 1.29 is 0 Å². The van der Waals surface area contributed by atoms with E-state index in [1.807, 2.05) is 13.8 Å². The summed E-state index contributed by atoms with van der Waals surface area (Å²) in [7, 11) is 0. The fraction of sp³-hybridized carbons (Fsp3) is 0.500. The molecule has 2 aromatic rings. The van der Waals surface area contributed by atoms with Crippen LogP contribution >= 0.6 is 11.3 Å². The second kappa shape index (κ2) is 5.62. The van der Waals surface area contributed by atoms with E-state index in [-0.39, 0.29) is 5.54 Å². The third-order valence-electron chi connectivity index (χ3n) is 3.00. The van der Waals surface area contributed by atoms with Crippen LogP contribution in [0.2, 0.25) is 0 Å². The van der Waals surface area contributed by atoms with Gasteiger partial charge in [0.05, 0.1) is 5.69 Å². The van der Waals surface area contributed by atoms with Gasteiger partial charge in [-0.15, -0.1) is 11.3 Å². The van der Waals surface area contributed by atoms with Crippen LogP contribution in [0.25, 0.3) is 10.6 Å². The summed E-state index contributed by atoms with van der Waals surface area (Å²) in [4.78, 5) is 10.4. The summed E-state index contributed by atoms with van der Waals surface area (Å²) >= 11 is 1.77. The summed E-state index contributed by atoms with van der Waals surface area (Å²) in [5.74, 6) is 0. The van der Waals surface area contributed by atoms with E-state index in [1.165, 1.54) is 10.4 Å². The average Bonchev–Trinajstić information content (AvgIpc) is 2.66. The highest BCUT2D eigenvalue weighted by Crippen LogP contribution is 2.28. The molecule has 20 heavy (non-hydrogen) atoms. The highest BCUT2D eigenvalue weighted by molar-refractivity contribution is 7.15. The second-order valence-electron chi connectivity index (χ2n) is 6.27. The number of nitrogens with one attached hydrogen (secondary N) is 1. The maximum Gasteiger partial charge on any atom is 0.124 e. The number of aryl methyl sites for hydroxylation is 3. The molecule has 1 N–H and O–H groups in total. The van der Waals surface area contributed by atoms with Gasteiger partial charge in [0, 0.05) is 33.9 Å². The van der Waals surface area contributed by atoms with Crippen molar-refractivity contribution in [2.75, 3.05) is 0 Å². The SMILES string of the molecule is Cc1cc(-c2nc(C)c(CNC(C)(C)C)s2)cc(C)n1. The molecule has 2 aromatic heterocycles. The molecule has 0 saturated carbocycles. The molecule has 0 fully saturated rings. The molecular weight excluding hydrogens is 266 g/mol. The number of hydrogen-bond acceptors (Lipinski definition) is 4. The first-order chi connectivity index (χ1) is 9.24. The van der Waals surface area contributed by atoms with Gasteiger partial charge in [-0.1, -0.05) is 0 Å². The van der Waals surface area contributed by atoms with Gasteiger partial charge in [-0.2, -0.15) is 0 Å². The summed E-state index contributed by atoms with van der Waals surface area (Å²) in [6.45, 7) is 13.5. The van der Waals surface area contributed by atoms with Crippen molar-refractivity contribution in [3.8, 4) is 10.6 Å². The van der Waals surface area contributed by atoms with Gasteiger partial charge in [-0.25, -0.2) is 4.98 Å². The van der Waals surface area contributed by atoms with Gasteiger partial charge in [-0.05, 0) is 53.7 Å². The lowest BCUT2D eigenvalue weighted by molar-refractivity contribution is 0.425. The molecule has 2 rings (SSSR count). The highest BCUT2D eigenvalue weighted by Gasteiger charge is 2.14. The second-order valence-corrected chi connectivity index (χ2v) is 7.35. The summed E-state index contributed by atoms with van der Waals surface area (Å²) in [6, 6.07) is 4.21. The van der Waals surface area contributed by atoms with Gasteiger partial charge in [0.25, 0.3) is 0 Å². The molecule has 0 spiro atoms. The minimum absolute atomic E-state index is 0.125. The Kier molecular flexibility index (Phi) is 4.25. The number of aromatic nitrogens is 2. The first-order valence-electron chi connectivity index (χ1n) is 6.91. The maximum atomic E-state index is 4.71. The Morgan fingerprint density at radius 2 is 1.65 bits per heavy atom. The topological polar surface area (TPSA) is 37.8 Å². The number of rotatable bonds is 3. The standard InChI is InChI=1S/C16H23N3S/c1-10-7-13(8-11(2)18-10)15-19-12(3)14(20-15)9-17-16(4,5)6/h7-8,17H,9H2,1-6H3. The minimum Gasteiger partial charge on any atom is -0.307 e. The van der Waals surface area contributed by atoms with E-state index in [4.69, 9.17) is 4.98 Å². The summed E-state index contributed by atoms with van der Waals surface area (Å²) in [5, 5.41) is 4.61. The Morgan fingerprint density at radius 1 is 1.05 bits per heavy atom. The zero-order chi connectivity index (χ0) is 14.9. The molecule has 0 aliphatic heterocycles. The fourth-order valence-electron chi connectivity index (χ4n) is 2.02. The quantitative estimate of drug-likeness (QED) is 0.927. The molecule has 0 saturated heterocycles. The highest BCUT2D eigenvalue weighted by atomic mass is 32.1. The Bertz CT molecular complexity index is 588. The van der Waals surface area contributed by atoms with Crippen molar-refractivity contribution in [3.63, 3.8) is 0 Å². The molecule has 0 aliphatic carbocycles. The Hall–Kier alpha value is -1.26. The third-order valence-corrected chi connectivity index (χ3v) is 4.21. The van der Waals surface area contributed by atoms with Crippen LogP contribution in [0.4, 0.5) is 0 Å². The molecule has 0 aliphatic rings. The lowest BCUT2D eigenvalue weighted by Crippen LogP contribution is -2.34. The smallest absolute Gasteiger partial charge is 0.124 e. The number of nitrogens with zero attached hydrogens (tertiary/aromatic N) is 2. The molecule has 0 radical (unpaired) electrons. The minimum atomic E-state index is 0.125. The Morgan fingerprint density at radius 3 is 2.20 bits per heavy atom. The molecule has 3 nitrogen and oxygen atoms in total. The predicted octanol–water partition coefficient (Wildman–Crippen LogP) is 4.02. The van der Waals surface area contributed by atoms with Gasteiger partial charge in [-0.3, -0.25) is 4.98 Å². The van der Waals surface area contributed by atoms with Crippen LogP contribution in [0, 0.1) is 20.8 Å². The molecule has 108 valence electrons. The number of thiazole rings is 1. The van der Waals surface area contributed by atoms with E-state index < -0.39 is 0 Å². The van der Waals surface area contributed by atoms with E-state index in [9.17, 15) is 0 Å². The fourth-order valence-corrected chi connectivity index (χ4v) is 3.01. The van der Waals surface area contributed by atoms with Crippen LogP contribution in [0.3, 0.4) is 0 Å². The van der Waals surface area contributed by atoms with Crippen LogP contribution in [-0.2, 0) is 6.54 Å². The van der Waals surface area contributed by atoms with Gasteiger partial charge in [0.2, 0.25) is 0 Å². The molecule has 0 atom stereocenters. The van der Waals surface area contributed by atoms with Crippen LogP contribution in [0.1, 0.15) is 42.7 Å². The van der Waals surface area contributed by atoms with Crippen molar-refractivity contribution in [2.45, 2.75) is 53.6 Å². The van der Waals surface area contributed by atoms with Gasteiger partial charge >= 0.3 is 0 Å². The Labute approximate surface area is 125 Å². The first kappa shape index (κ1) is 15.1. The lowest BCUT2D eigenvalue weighted by Gasteiger charge is -2.19. The summed E-state index contributed by atoms with van der Waals surface area (Å²) in [6.07, 6.45) is 0. The average molecular weight is 289 g/mol. The lowest BCUT2D eigenvalue weighted by atomic mass is 10.1. The molecular formula is C16H23N3S. The van der Waals surface area contributed by atoms with Crippen LogP contribution in [-0.4, -0.2) is 15.5 Å². The van der Waals surface area contributed by atoms with Crippen LogP contribution < -0.4 is 5.32 Å². The van der Waals surface area contributed by atoms with E-state index in [0.717, 1.165) is 28.6 Å². The molecule has 0 bridgehead atoms. The van der Waals surface area contributed by atoms with E-state index >= 15 is 0 Å². The third kappa shape index (κ3) is 3.87. The summed E-state index contributed by atoms with van der Waals surface area (Å²) < 4.78 is 0. The maximum absolute atomic E-state index is 4.71. The number of hydrogen-bond donors (Lipinski definition) is 1. The largest absolute Gasteiger partial charge is 0.307 e. The van der Waals surface area contributed by atoms with Crippen molar-refractivity contribution >= 4 is 11.3 Å². The van der Waals surface area contributed by atoms with Gasteiger partial charge in [0.15, 0.2) is 0 Å². The molecule has 0 amide bonds. The molecule has 4 heteroatoms. The zero-order valence-electron chi connectivity index (χ0n) is 13.2. The molecule has 2 heterocycles. The monoisotopic (exact) mass is 289 g/mol. The van der Waals surface area contributed by atoms with Crippen molar-refractivity contribution in [1.82, 2.24) is 15.3 Å². The zero-order valence-corrected chi connectivity index (χ0v) is 14.0.